The van der Waals surface area contributed by atoms with Crippen LogP contribution in [0.1, 0.15) is 0 Å². The lowest BCUT2D eigenvalue weighted by Crippen LogP contribution is -2.01. The summed E-state index contributed by atoms with van der Waals surface area (Å²) in [5.74, 6) is 1.81. The molecule has 3 heterocycles. The number of rotatable bonds is 5. The molecule has 10 aromatic carbocycles. The Kier molecular flexibility index (Phi) is 7.54. The largest absolute Gasteiger partial charge is 0.456 e. The van der Waals surface area contributed by atoms with E-state index in [9.17, 15) is 0 Å². The van der Waals surface area contributed by atoms with Crippen LogP contribution in [0, 0.1) is 0 Å². The Morgan fingerprint density at radius 3 is 1.61 bits per heavy atom. The van der Waals surface area contributed by atoms with Crippen molar-refractivity contribution in [2.75, 3.05) is 0 Å². The van der Waals surface area contributed by atoms with Gasteiger partial charge in [-0.3, -0.25) is 0 Å². The van der Waals surface area contributed by atoms with Crippen molar-refractivity contribution < 1.29 is 8.83 Å². The van der Waals surface area contributed by atoms with Gasteiger partial charge in [0, 0.05) is 38.2 Å². The molecule has 0 unspecified atom stereocenters. The zero-order chi connectivity index (χ0) is 40.7. The predicted molar refractivity (Wildman–Crippen MR) is 254 cm³/mol. The molecular formula is C57H33N3O2. The van der Waals surface area contributed by atoms with E-state index < -0.39 is 0 Å². The Morgan fingerprint density at radius 1 is 0.258 bits per heavy atom. The number of para-hydroxylation sites is 2. The fourth-order valence-corrected chi connectivity index (χ4v) is 9.38. The number of furan rings is 2. The third kappa shape index (κ3) is 5.45. The molecule has 62 heavy (non-hydrogen) atoms. The lowest BCUT2D eigenvalue weighted by molar-refractivity contribution is 0.668. The van der Waals surface area contributed by atoms with E-state index in [4.69, 9.17) is 23.8 Å². The first-order valence-corrected chi connectivity index (χ1v) is 20.8. The first-order chi connectivity index (χ1) is 30.7. The summed E-state index contributed by atoms with van der Waals surface area (Å²) < 4.78 is 12.6. The van der Waals surface area contributed by atoms with Gasteiger partial charge >= 0.3 is 0 Å². The monoisotopic (exact) mass is 791 g/mol. The average Bonchev–Trinajstić information content (AvgIpc) is 3.92. The van der Waals surface area contributed by atoms with Crippen LogP contribution in [0.3, 0.4) is 0 Å². The number of nitrogens with zero attached hydrogens (tertiary/aromatic N) is 3. The summed E-state index contributed by atoms with van der Waals surface area (Å²) in [6.07, 6.45) is 0. The van der Waals surface area contributed by atoms with E-state index >= 15 is 0 Å². The molecule has 5 heteroatoms. The van der Waals surface area contributed by atoms with Crippen molar-refractivity contribution in [2.24, 2.45) is 0 Å². The Labute approximate surface area is 355 Å². The molecule has 0 amide bonds. The average molecular weight is 792 g/mol. The number of benzene rings is 10. The van der Waals surface area contributed by atoms with Gasteiger partial charge in [-0.2, -0.15) is 0 Å². The van der Waals surface area contributed by atoms with Gasteiger partial charge in [0.05, 0.1) is 0 Å². The van der Waals surface area contributed by atoms with Crippen LogP contribution < -0.4 is 0 Å². The molecule has 0 spiro atoms. The molecule has 0 atom stereocenters. The van der Waals surface area contributed by atoms with Crippen LogP contribution >= 0.6 is 0 Å². The molecular weight excluding hydrogens is 759 g/mol. The fourth-order valence-electron chi connectivity index (χ4n) is 9.38. The highest BCUT2D eigenvalue weighted by Crippen LogP contribution is 2.41. The van der Waals surface area contributed by atoms with Crippen molar-refractivity contribution in [3.63, 3.8) is 0 Å². The third-order valence-corrected chi connectivity index (χ3v) is 12.3. The number of hydrogen-bond acceptors (Lipinski definition) is 5. The summed E-state index contributed by atoms with van der Waals surface area (Å²) in [4.78, 5) is 15.8. The molecule has 0 aliphatic carbocycles. The summed E-state index contributed by atoms with van der Waals surface area (Å²) in [5, 5.41) is 11.0. The molecule has 0 aliphatic heterocycles. The van der Waals surface area contributed by atoms with Crippen LogP contribution in [0.2, 0.25) is 0 Å². The van der Waals surface area contributed by atoms with Crippen LogP contribution in [0.5, 0.6) is 0 Å². The molecule has 13 rings (SSSR count). The third-order valence-electron chi connectivity index (χ3n) is 12.3. The molecule has 5 nitrogen and oxygen atoms in total. The van der Waals surface area contributed by atoms with Gasteiger partial charge in [0.15, 0.2) is 17.5 Å². The van der Waals surface area contributed by atoms with Gasteiger partial charge in [-0.15, -0.1) is 0 Å². The molecule has 0 radical (unpaired) electrons. The number of hydrogen-bond donors (Lipinski definition) is 0. The predicted octanol–water partition coefficient (Wildman–Crippen LogP) is 15.5. The van der Waals surface area contributed by atoms with Crippen molar-refractivity contribution >= 4 is 76.2 Å². The second kappa shape index (κ2) is 13.6. The Hall–Kier alpha value is -8.41. The van der Waals surface area contributed by atoms with Gasteiger partial charge in [0.1, 0.15) is 22.3 Å². The van der Waals surface area contributed by atoms with E-state index in [1.54, 1.807) is 0 Å². The second-order valence-electron chi connectivity index (χ2n) is 15.9. The van der Waals surface area contributed by atoms with E-state index in [2.05, 4.69) is 164 Å². The van der Waals surface area contributed by atoms with Crippen molar-refractivity contribution in [3.05, 3.63) is 200 Å². The van der Waals surface area contributed by atoms with Crippen LogP contribution in [0.25, 0.3) is 133 Å². The van der Waals surface area contributed by atoms with E-state index in [1.807, 2.05) is 36.4 Å². The molecule has 0 N–H and O–H groups in total. The normalized spacial score (nSPS) is 11.9. The highest BCUT2D eigenvalue weighted by atomic mass is 16.3. The Morgan fingerprint density at radius 2 is 0.806 bits per heavy atom. The molecule has 0 saturated heterocycles. The smallest absolute Gasteiger partial charge is 0.164 e. The van der Waals surface area contributed by atoms with Gasteiger partial charge in [-0.05, 0) is 103 Å². The number of aromatic nitrogens is 3. The van der Waals surface area contributed by atoms with E-state index in [0.717, 1.165) is 110 Å². The van der Waals surface area contributed by atoms with Gasteiger partial charge in [0.25, 0.3) is 0 Å². The number of fused-ring (bicyclic) bond motifs is 10. The van der Waals surface area contributed by atoms with Gasteiger partial charge in [0.2, 0.25) is 0 Å². The lowest BCUT2D eigenvalue weighted by atomic mass is 9.94. The van der Waals surface area contributed by atoms with Crippen LogP contribution in [-0.2, 0) is 0 Å². The Bertz CT molecular complexity index is 3940. The van der Waals surface area contributed by atoms with Crippen molar-refractivity contribution in [1.82, 2.24) is 15.0 Å². The van der Waals surface area contributed by atoms with Crippen LogP contribution in [0.15, 0.2) is 209 Å². The highest BCUT2D eigenvalue weighted by molar-refractivity contribution is 6.21. The minimum atomic E-state index is 0.602. The Balaban J connectivity index is 1.01. The van der Waals surface area contributed by atoms with Gasteiger partial charge < -0.3 is 8.83 Å². The van der Waals surface area contributed by atoms with E-state index in [-0.39, 0.29) is 0 Å². The molecule has 3 aromatic heterocycles. The van der Waals surface area contributed by atoms with Crippen LogP contribution in [0.4, 0.5) is 0 Å². The van der Waals surface area contributed by atoms with Gasteiger partial charge in [-0.1, -0.05) is 152 Å². The quantitative estimate of drug-likeness (QED) is 0.174. The minimum Gasteiger partial charge on any atom is -0.456 e. The van der Waals surface area contributed by atoms with E-state index in [1.165, 1.54) is 5.56 Å². The van der Waals surface area contributed by atoms with Crippen molar-refractivity contribution in [1.29, 1.82) is 0 Å². The zero-order valence-corrected chi connectivity index (χ0v) is 33.2. The molecule has 13 aromatic rings. The standard InChI is InChI=1S/C57H33N3O2/c1-2-11-34(12-3-1)36-25-23-35-24-26-38(33-40(35)31-36)55-58-56(60-57(59-55)46-19-9-17-45-43(46)29-30-52-54(45)48-15-5-7-21-50(48)62-52)39-27-28-41-37(32-39)13-8-16-42(41)44-18-10-22-51-53(44)47-14-4-6-20-49(47)61-51/h1-33H. The van der Waals surface area contributed by atoms with Crippen molar-refractivity contribution in [3.8, 4) is 56.4 Å². The molecule has 0 aliphatic rings. The van der Waals surface area contributed by atoms with Crippen LogP contribution in [-0.4, -0.2) is 15.0 Å². The first-order valence-electron chi connectivity index (χ1n) is 20.8. The molecule has 0 saturated carbocycles. The summed E-state index contributed by atoms with van der Waals surface area (Å²) in [7, 11) is 0. The molecule has 0 fully saturated rings. The summed E-state index contributed by atoms with van der Waals surface area (Å²) in [6.45, 7) is 0. The lowest BCUT2D eigenvalue weighted by Gasteiger charge is -2.13. The maximum atomic E-state index is 6.29. The topological polar surface area (TPSA) is 65.0 Å². The maximum absolute atomic E-state index is 6.29. The molecule has 288 valence electrons. The minimum absolute atomic E-state index is 0.602. The first kappa shape index (κ1) is 34.5. The van der Waals surface area contributed by atoms with Gasteiger partial charge in [-0.25, -0.2) is 15.0 Å². The zero-order valence-electron chi connectivity index (χ0n) is 33.2. The van der Waals surface area contributed by atoms with E-state index in [0.29, 0.717) is 17.5 Å². The maximum Gasteiger partial charge on any atom is 0.164 e. The summed E-state index contributed by atoms with van der Waals surface area (Å²) in [6, 6.07) is 69.9. The summed E-state index contributed by atoms with van der Waals surface area (Å²) >= 11 is 0. The highest BCUT2D eigenvalue weighted by Gasteiger charge is 2.19. The van der Waals surface area contributed by atoms with Crippen molar-refractivity contribution in [2.45, 2.75) is 0 Å². The summed E-state index contributed by atoms with van der Waals surface area (Å²) in [5.41, 5.74) is 10.8. The molecule has 0 bridgehead atoms. The SMILES string of the molecule is c1ccc(-c2ccc3ccc(-c4nc(-c5ccc6c(-c7cccc8oc9ccccc9c78)cccc6c5)nc(-c5cccc6c5ccc5oc7ccccc7c56)n4)cc3c2)cc1. The second-order valence-corrected chi connectivity index (χ2v) is 15.9. The fraction of sp³-hybridized carbons (Fsp3) is 0.